The van der Waals surface area contributed by atoms with Crippen LogP contribution in [-0.4, -0.2) is 4.74 Å². The molecule has 0 N–H and O–H groups in total. The van der Waals surface area contributed by atoms with Crippen molar-refractivity contribution in [3.05, 3.63) is 70.8 Å². The van der Waals surface area contributed by atoms with Crippen LogP contribution in [0.3, 0.4) is 0 Å². The van der Waals surface area contributed by atoms with Gasteiger partial charge in [0, 0.05) is 0 Å². The Labute approximate surface area is 185 Å². The van der Waals surface area contributed by atoms with Crippen LogP contribution in [0.2, 0.25) is 6.04 Å². The van der Waals surface area contributed by atoms with E-state index in [1.165, 1.54) is 62.4 Å². The zero-order chi connectivity index (χ0) is 17.4. The van der Waals surface area contributed by atoms with Crippen LogP contribution in [0.25, 0.3) is 10.8 Å². The number of hydrogen-bond donors (Lipinski definition) is 0. The molecule has 3 aromatic carbocycles. The van der Waals surface area contributed by atoms with E-state index in [9.17, 15) is 0 Å². The minimum atomic E-state index is -0.312. The predicted molar refractivity (Wildman–Crippen MR) is 103 cm³/mol. The average Bonchev–Trinajstić information content (AvgIpc) is 3.10. The number of rotatable bonds is 1. The first kappa shape index (κ1) is 27.4. The summed E-state index contributed by atoms with van der Waals surface area (Å²) >= 11 is 7.14. The second kappa shape index (κ2) is 14.2. The van der Waals surface area contributed by atoms with Gasteiger partial charge < -0.3 is 24.8 Å². The largest absolute Gasteiger partial charge is 1.00 e. The van der Waals surface area contributed by atoms with Crippen molar-refractivity contribution in [2.75, 3.05) is 0 Å². The van der Waals surface area contributed by atoms with Crippen LogP contribution in [0.1, 0.15) is 29.2 Å². The third-order valence-corrected chi connectivity index (χ3v) is 8.07. The summed E-state index contributed by atoms with van der Waals surface area (Å²) in [6.45, 7) is 10.8. The number of aryl methyl sites for hydroxylation is 2. The van der Waals surface area contributed by atoms with Crippen LogP contribution in [0, 0.1) is 27.7 Å². The number of benzene rings is 1. The summed E-state index contributed by atoms with van der Waals surface area (Å²) < 4.78 is -0.312. The van der Waals surface area contributed by atoms with Gasteiger partial charge in [-0.3, -0.25) is 0 Å². The molecule has 0 saturated carbocycles. The summed E-state index contributed by atoms with van der Waals surface area (Å²) in [5.41, 5.74) is 5.75. The second-order valence-corrected chi connectivity index (χ2v) is 15.3. The number of fused-ring (bicyclic) bond motifs is 1. The quantitative estimate of drug-likeness (QED) is 0.264. The monoisotopic (exact) mass is 488 g/mol. The van der Waals surface area contributed by atoms with E-state index in [-0.39, 0.29) is 29.6 Å². The van der Waals surface area contributed by atoms with E-state index >= 15 is 0 Å². The van der Waals surface area contributed by atoms with Crippen molar-refractivity contribution < 1.29 is 48.1 Å². The van der Waals surface area contributed by atoms with E-state index in [1.807, 2.05) is 0 Å². The Bertz CT molecular complexity index is 707. The van der Waals surface area contributed by atoms with Gasteiger partial charge in [-0.15, -0.1) is 29.7 Å². The summed E-state index contributed by atoms with van der Waals surface area (Å²) in [6.07, 6.45) is 0. The van der Waals surface area contributed by atoms with Gasteiger partial charge in [-0.05, 0) is 0 Å². The molecule has 0 amide bonds. The van der Waals surface area contributed by atoms with Crippen molar-refractivity contribution in [1.29, 1.82) is 0 Å². The molecule has 0 atom stereocenters. The molecule has 136 valence electrons. The molecular formula is C20H25Cl3SiZr-2. The Hall–Kier alpha value is 0.150. The molecule has 3 aromatic rings. The second-order valence-electron chi connectivity index (χ2n) is 5.67. The molecule has 0 aromatic heterocycles. The molecule has 0 bridgehead atoms. The number of hydrogen-bond acceptors (Lipinski definition) is 0. The van der Waals surface area contributed by atoms with Gasteiger partial charge in [-0.2, -0.15) is 45.8 Å². The smallest absolute Gasteiger partial charge is 0.0630 e. The van der Waals surface area contributed by atoms with Crippen LogP contribution >= 0.6 is 11.1 Å². The van der Waals surface area contributed by atoms with E-state index in [0.29, 0.717) is 0 Å². The van der Waals surface area contributed by atoms with Gasteiger partial charge in [-0.1, -0.05) is 33.8 Å². The molecule has 0 radical (unpaired) electrons. The molecule has 0 aliphatic carbocycles. The maximum atomic E-state index is 5.60. The Morgan fingerprint density at radius 1 is 1.12 bits per heavy atom. The minimum Gasteiger partial charge on any atom is -1.00 e. The van der Waals surface area contributed by atoms with Crippen LogP contribution in [0.4, 0.5) is 0 Å². The maximum absolute atomic E-state index is 5.60. The third kappa shape index (κ3) is 9.59. The Morgan fingerprint density at radius 2 is 1.68 bits per heavy atom. The predicted octanol–water partition coefficient (Wildman–Crippen LogP) is 0.486. The summed E-state index contributed by atoms with van der Waals surface area (Å²) in [5.74, 6) is 0. The number of halogens is 3. The van der Waals surface area contributed by atoms with Crippen LogP contribution < -0.4 is 24.8 Å². The van der Waals surface area contributed by atoms with Crippen molar-refractivity contribution >= 4 is 26.6 Å². The van der Waals surface area contributed by atoms with Gasteiger partial charge in [-0.25, -0.2) is 0 Å². The fourth-order valence-corrected chi connectivity index (χ4v) is 2.20. The van der Waals surface area contributed by atoms with Crippen molar-refractivity contribution in [2.24, 2.45) is 0 Å². The molecule has 3 rings (SSSR count). The van der Waals surface area contributed by atoms with Gasteiger partial charge in [0.1, 0.15) is 0 Å². The van der Waals surface area contributed by atoms with Gasteiger partial charge in [0.05, 0.1) is 0 Å². The van der Waals surface area contributed by atoms with Crippen molar-refractivity contribution in [3.63, 3.8) is 0 Å². The third-order valence-electron chi connectivity index (χ3n) is 4.04. The topological polar surface area (TPSA) is 0 Å². The summed E-state index contributed by atoms with van der Waals surface area (Å²) in [6, 6.07) is 18.1. The van der Waals surface area contributed by atoms with Gasteiger partial charge in [0.15, 0.2) is 0 Å². The Balaban J connectivity index is 0. The normalized spacial score (nSPS) is 8.96. The molecule has 5 heteroatoms. The molecule has 0 fully saturated rings. The van der Waals surface area contributed by atoms with Crippen molar-refractivity contribution in [3.8, 4) is 0 Å². The van der Waals surface area contributed by atoms with Crippen LogP contribution in [-0.2, 0) is 23.3 Å². The van der Waals surface area contributed by atoms with E-state index in [1.54, 1.807) is 0 Å². The first-order valence-corrected chi connectivity index (χ1v) is 14.3. The fraction of sp³-hybridized carbons (Fsp3) is 0.300. The molecule has 0 aliphatic heterocycles. The van der Waals surface area contributed by atoms with Gasteiger partial charge in [0.2, 0.25) is 0 Å². The summed E-state index contributed by atoms with van der Waals surface area (Å²) in [4.78, 5) is 0. The fourth-order valence-electron chi connectivity index (χ4n) is 2.20. The zero-order valence-electron chi connectivity index (χ0n) is 15.5. The molecule has 0 aliphatic rings. The van der Waals surface area contributed by atoms with Gasteiger partial charge in [0.25, 0.3) is 0 Å². The average molecular weight is 491 g/mol. The van der Waals surface area contributed by atoms with Crippen molar-refractivity contribution in [2.45, 2.75) is 40.7 Å². The molecule has 0 saturated heterocycles. The molecule has 25 heavy (non-hydrogen) atoms. The zero-order valence-corrected chi connectivity index (χ0v) is 21.2. The van der Waals surface area contributed by atoms with Crippen LogP contribution in [0.5, 0.6) is 0 Å². The summed E-state index contributed by atoms with van der Waals surface area (Å²) in [7, 11) is 0. The summed E-state index contributed by atoms with van der Waals surface area (Å²) in [5, 5.41) is 2.66. The van der Waals surface area contributed by atoms with E-state index in [0.717, 1.165) is 0 Å². The Morgan fingerprint density at radius 3 is 2.04 bits per heavy atom. The first-order valence-electron chi connectivity index (χ1n) is 7.90. The standard InChI is InChI=1S/C9H7.C9H13.C2H5ClSi.2ClH.Zr/c1-2-5-9-7-3-6-8(9)4-1;1-6-5-7(2)9(4)8(6)3;1-2-4-3;;;/h1-7H;5H,1-4H3;2H2,1H3;2*1H;/q2*-1;;;;+2/p-2. The first-order chi connectivity index (χ1) is 10.9. The SMILES string of the molecule is CC[Si](Cl)=[Zr+2].Cc1c[c-](C)c(C)c1C.[Cl-].[Cl-].c1ccc2[cH-]ccc2c1. The molecule has 0 spiro atoms. The van der Waals surface area contributed by atoms with Crippen molar-refractivity contribution in [1.82, 2.24) is 0 Å². The molecular weight excluding hydrogens is 466 g/mol. The van der Waals surface area contributed by atoms with E-state index < -0.39 is 0 Å². The molecule has 0 heterocycles. The van der Waals surface area contributed by atoms with Gasteiger partial charge >= 0.3 is 52.1 Å². The Kier molecular flexibility index (Phi) is 15.6. The van der Waals surface area contributed by atoms with E-state index in [4.69, 9.17) is 11.1 Å². The van der Waals surface area contributed by atoms with E-state index in [2.05, 4.69) is 83.1 Å². The molecule has 0 nitrogen and oxygen atoms in total. The maximum Gasteiger partial charge on any atom is -0.0630 e. The van der Waals surface area contributed by atoms with Crippen LogP contribution in [0.15, 0.2) is 48.5 Å². The minimum absolute atomic E-state index is 0. The molecule has 0 unspecified atom stereocenters.